The molecule has 0 saturated carbocycles. The van der Waals surface area contributed by atoms with E-state index in [9.17, 15) is 5.26 Å². The molecule has 3 rings (SSSR count). The predicted molar refractivity (Wildman–Crippen MR) is 105 cm³/mol. The van der Waals surface area contributed by atoms with Gasteiger partial charge in [-0.05, 0) is 23.8 Å². The highest BCUT2D eigenvalue weighted by Gasteiger charge is 2.10. The monoisotopic (exact) mass is 373 g/mol. The number of nitriles is 2. The first kappa shape index (κ1) is 18.2. The fourth-order valence-corrected chi connectivity index (χ4v) is 3.25. The van der Waals surface area contributed by atoms with E-state index in [-0.39, 0.29) is 6.61 Å². The van der Waals surface area contributed by atoms with E-state index >= 15 is 0 Å². The van der Waals surface area contributed by atoms with Gasteiger partial charge in [0.2, 0.25) is 0 Å². The minimum absolute atomic E-state index is 0.0592. The van der Waals surface area contributed by atoms with Gasteiger partial charge in [-0.2, -0.15) is 10.5 Å². The van der Waals surface area contributed by atoms with E-state index in [4.69, 9.17) is 14.7 Å². The smallest absolute Gasteiger partial charge is 0.174 e. The molecule has 0 bridgehead atoms. The number of rotatable bonds is 6. The lowest BCUT2D eigenvalue weighted by atomic mass is 10.1. The molecule has 0 amide bonds. The second-order valence-electron chi connectivity index (χ2n) is 5.43. The maximum atomic E-state index is 9.57. The average Bonchev–Trinajstić information content (AvgIpc) is 3.21. The summed E-state index contributed by atoms with van der Waals surface area (Å²) in [5.41, 5.74) is 3.10. The maximum absolute atomic E-state index is 9.57. The van der Waals surface area contributed by atoms with Gasteiger partial charge in [-0.1, -0.05) is 36.4 Å². The van der Waals surface area contributed by atoms with Gasteiger partial charge in [-0.15, -0.1) is 11.3 Å². The molecule has 0 aliphatic carbocycles. The predicted octanol–water partition coefficient (Wildman–Crippen LogP) is 4.79. The molecule has 0 aliphatic heterocycles. The minimum atomic E-state index is -0.0592. The summed E-state index contributed by atoms with van der Waals surface area (Å²) in [4.78, 5) is 4.58. The highest BCUT2D eigenvalue weighted by atomic mass is 32.1. The molecule has 0 fully saturated rings. The Morgan fingerprint density at radius 3 is 2.67 bits per heavy atom. The van der Waals surface area contributed by atoms with Gasteiger partial charge in [-0.25, -0.2) is 4.98 Å². The first-order valence-corrected chi connectivity index (χ1v) is 8.94. The number of nitrogens with zero attached hydrogens (tertiary/aromatic N) is 3. The van der Waals surface area contributed by atoms with E-state index in [1.54, 1.807) is 24.3 Å². The van der Waals surface area contributed by atoms with Crippen molar-refractivity contribution in [2.75, 3.05) is 13.7 Å². The largest absolute Gasteiger partial charge is 0.493 e. The Morgan fingerprint density at radius 1 is 1.15 bits per heavy atom. The third kappa shape index (κ3) is 4.33. The Morgan fingerprint density at radius 2 is 1.96 bits per heavy atom. The SMILES string of the molecule is COc1cc(/C=C(\C#N)c2nc(-c3ccccc3)cs2)ccc1OCC#N. The molecule has 0 aliphatic rings. The third-order valence-corrected chi connectivity index (χ3v) is 4.59. The van der Waals surface area contributed by atoms with Gasteiger partial charge in [0, 0.05) is 10.9 Å². The molecule has 0 spiro atoms. The topological polar surface area (TPSA) is 78.9 Å². The van der Waals surface area contributed by atoms with Crippen molar-refractivity contribution < 1.29 is 9.47 Å². The van der Waals surface area contributed by atoms with Gasteiger partial charge in [0.25, 0.3) is 0 Å². The van der Waals surface area contributed by atoms with Crippen LogP contribution in [0.4, 0.5) is 0 Å². The molecule has 5 nitrogen and oxygen atoms in total. The van der Waals surface area contributed by atoms with Crippen LogP contribution < -0.4 is 9.47 Å². The molecule has 0 unspecified atom stereocenters. The molecular formula is C21H15N3O2S. The molecular weight excluding hydrogens is 358 g/mol. The van der Waals surface area contributed by atoms with Crippen LogP contribution in [0.15, 0.2) is 53.9 Å². The normalized spacial score (nSPS) is 10.7. The van der Waals surface area contributed by atoms with Crippen LogP contribution in [0.2, 0.25) is 0 Å². The van der Waals surface area contributed by atoms with Crippen LogP contribution in [0, 0.1) is 22.7 Å². The quantitative estimate of drug-likeness (QED) is 0.581. The molecule has 2 aromatic carbocycles. The number of benzene rings is 2. The van der Waals surface area contributed by atoms with E-state index < -0.39 is 0 Å². The summed E-state index contributed by atoms with van der Waals surface area (Å²) < 4.78 is 10.6. The summed E-state index contributed by atoms with van der Waals surface area (Å²) in [6, 6.07) is 19.2. The van der Waals surface area contributed by atoms with E-state index in [0.717, 1.165) is 16.8 Å². The van der Waals surface area contributed by atoms with Crippen LogP contribution in [0.1, 0.15) is 10.6 Å². The molecule has 132 valence electrons. The van der Waals surface area contributed by atoms with Crippen LogP contribution in [-0.2, 0) is 0 Å². The van der Waals surface area contributed by atoms with Gasteiger partial charge >= 0.3 is 0 Å². The number of thiazole rings is 1. The van der Waals surface area contributed by atoms with E-state index in [0.29, 0.717) is 22.1 Å². The third-order valence-electron chi connectivity index (χ3n) is 3.72. The fourth-order valence-electron chi connectivity index (χ4n) is 2.45. The molecule has 3 aromatic rings. The van der Waals surface area contributed by atoms with E-state index in [1.165, 1.54) is 18.4 Å². The summed E-state index contributed by atoms with van der Waals surface area (Å²) in [6.07, 6.45) is 1.75. The fraction of sp³-hybridized carbons (Fsp3) is 0.0952. The summed E-state index contributed by atoms with van der Waals surface area (Å²) in [5.74, 6) is 0.982. The Labute approximate surface area is 161 Å². The van der Waals surface area contributed by atoms with Crippen molar-refractivity contribution in [3.63, 3.8) is 0 Å². The Balaban J connectivity index is 1.90. The number of hydrogen-bond acceptors (Lipinski definition) is 6. The van der Waals surface area contributed by atoms with Gasteiger partial charge in [0.15, 0.2) is 18.1 Å². The van der Waals surface area contributed by atoms with Crippen molar-refractivity contribution in [2.45, 2.75) is 0 Å². The van der Waals surface area contributed by atoms with Crippen LogP contribution >= 0.6 is 11.3 Å². The number of ether oxygens (including phenoxy) is 2. The second kappa shape index (κ2) is 8.66. The lowest BCUT2D eigenvalue weighted by Crippen LogP contribution is -1.96. The molecule has 6 heteroatoms. The molecule has 27 heavy (non-hydrogen) atoms. The van der Waals surface area contributed by atoms with Crippen molar-refractivity contribution in [3.05, 3.63) is 64.5 Å². The van der Waals surface area contributed by atoms with Crippen LogP contribution in [0.3, 0.4) is 0 Å². The van der Waals surface area contributed by atoms with Gasteiger partial charge < -0.3 is 9.47 Å². The van der Waals surface area contributed by atoms with Crippen LogP contribution in [0.5, 0.6) is 11.5 Å². The Bertz CT molecular complexity index is 1040. The summed E-state index contributed by atoms with van der Waals surface area (Å²) in [7, 11) is 1.53. The van der Waals surface area contributed by atoms with Gasteiger partial charge in [0.05, 0.1) is 18.4 Å². The molecule has 0 saturated heterocycles. The average molecular weight is 373 g/mol. The zero-order valence-electron chi connectivity index (χ0n) is 14.5. The standard InChI is InChI=1S/C21H15N3O2S/c1-25-20-12-15(7-8-19(20)26-10-9-22)11-17(13-23)21-24-18(14-27-21)16-5-3-2-4-6-16/h2-8,11-12,14H,10H2,1H3/b17-11+. The number of methoxy groups -OCH3 is 1. The van der Waals surface area contributed by atoms with Crippen LogP contribution in [-0.4, -0.2) is 18.7 Å². The number of aromatic nitrogens is 1. The van der Waals surface area contributed by atoms with E-state index in [2.05, 4.69) is 11.1 Å². The van der Waals surface area contributed by atoms with Crippen molar-refractivity contribution in [2.24, 2.45) is 0 Å². The molecule has 0 atom stereocenters. The zero-order chi connectivity index (χ0) is 19.1. The van der Waals surface area contributed by atoms with Crippen molar-refractivity contribution in [1.29, 1.82) is 10.5 Å². The van der Waals surface area contributed by atoms with Crippen molar-refractivity contribution >= 4 is 23.0 Å². The summed E-state index contributed by atoms with van der Waals surface area (Å²) in [5, 5.41) is 20.8. The number of allylic oxidation sites excluding steroid dienone is 1. The highest BCUT2D eigenvalue weighted by Crippen LogP contribution is 2.31. The van der Waals surface area contributed by atoms with Gasteiger partial charge in [0.1, 0.15) is 17.1 Å². The van der Waals surface area contributed by atoms with Crippen molar-refractivity contribution in [3.8, 4) is 34.9 Å². The number of hydrogen-bond donors (Lipinski definition) is 0. The molecule has 0 N–H and O–H groups in total. The highest BCUT2D eigenvalue weighted by molar-refractivity contribution is 7.11. The van der Waals surface area contributed by atoms with Crippen LogP contribution in [0.25, 0.3) is 22.9 Å². The Hall–Kier alpha value is -3.61. The molecule has 1 aromatic heterocycles. The minimum Gasteiger partial charge on any atom is -0.493 e. The van der Waals surface area contributed by atoms with E-state index in [1.807, 2.05) is 41.8 Å². The second-order valence-corrected chi connectivity index (χ2v) is 6.29. The Kier molecular flexibility index (Phi) is 5.84. The maximum Gasteiger partial charge on any atom is 0.174 e. The molecule has 0 radical (unpaired) electrons. The lowest BCUT2D eigenvalue weighted by molar-refractivity contribution is 0.329. The molecule has 1 heterocycles. The van der Waals surface area contributed by atoms with Gasteiger partial charge in [-0.3, -0.25) is 0 Å². The van der Waals surface area contributed by atoms with Crippen molar-refractivity contribution in [1.82, 2.24) is 4.98 Å². The zero-order valence-corrected chi connectivity index (χ0v) is 15.4. The first-order valence-electron chi connectivity index (χ1n) is 8.06. The summed E-state index contributed by atoms with van der Waals surface area (Å²) in [6.45, 7) is -0.0592. The summed E-state index contributed by atoms with van der Waals surface area (Å²) >= 11 is 1.43. The lowest BCUT2D eigenvalue weighted by Gasteiger charge is -2.09. The first-order chi connectivity index (χ1) is 13.2.